The molecule has 0 aliphatic heterocycles. The Morgan fingerprint density at radius 1 is 0.341 bits per heavy atom. The van der Waals surface area contributed by atoms with Crippen LogP contribution in [0.3, 0.4) is 0 Å². The molecule has 10 aromatic rings. The summed E-state index contributed by atoms with van der Waals surface area (Å²) in [6.07, 6.45) is 3.77. The number of benzene rings is 6. The molecule has 0 aliphatic rings. The van der Waals surface area contributed by atoms with Gasteiger partial charge in [-0.25, -0.2) is 19.9 Å². The first-order chi connectivity index (χ1) is 42.1. The van der Waals surface area contributed by atoms with Gasteiger partial charge in [-0.1, -0.05) is 125 Å². The van der Waals surface area contributed by atoms with E-state index in [9.17, 15) is 19.2 Å². The van der Waals surface area contributed by atoms with E-state index in [0.717, 1.165) is 70.0 Å². The van der Waals surface area contributed by atoms with Gasteiger partial charge in [0.25, 0.3) is 23.6 Å². The summed E-state index contributed by atoms with van der Waals surface area (Å²) in [5, 5.41) is 18.4. The number of carbonyl (C=O) groups excluding carboxylic acids is 4. The molecule has 6 aromatic carbocycles. The summed E-state index contributed by atoms with van der Waals surface area (Å²) in [6.45, 7) is 18.3. The Kier molecular flexibility index (Phi) is 25.4. The number of hydrogen-bond acceptors (Lipinski definition) is 11. The smallest absolute Gasteiger partial charge is 0.356 e. The van der Waals surface area contributed by atoms with Crippen LogP contribution in [0.1, 0.15) is 120 Å². The van der Waals surface area contributed by atoms with Crippen LogP contribution >= 0.6 is 23.2 Å². The molecule has 0 fully saturated rings. The monoisotopic (exact) mass is 1270 g/mol. The van der Waals surface area contributed by atoms with E-state index in [1.807, 2.05) is 173 Å². The van der Waals surface area contributed by atoms with E-state index in [1.54, 1.807) is 43.9 Å². The molecule has 0 unspecified atom stereocenters. The predicted molar refractivity (Wildman–Crippen MR) is 354 cm³/mol. The Morgan fingerprint density at radius 2 is 0.500 bits per heavy atom. The molecule has 458 valence electrons. The van der Waals surface area contributed by atoms with Crippen LogP contribution in [-0.2, 0) is 42.8 Å². The minimum atomic E-state index is -1.75. The summed E-state index contributed by atoms with van der Waals surface area (Å²) < 4.78 is 0. The molecule has 0 N–H and O–H groups in total. The third kappa shape index (κ3) is 16.4. The van der Waals surface area contributed by atoms with E-state index in [2.05, 4.69) is 27.7 Å². The van der Waals surface area contributed by atoms with Crippen molar-refractivity contribution < 1.29 is 41.3 Å². The number of halogens is 2. The van der Waals surface area contributed by atoms with Crippen LogP contribution in [0.5, 0.6) is 0 Å². The van der Waals surface area contributed by atoms with Gasteiger partial charge in [-0.2, -0.15) is 0 Å². The zero-order chi connectivity index (χ0) is 62.7. The Labute approximate surface area is 533 Å². The van der Waals surface area contributed by atoms with Crippen LogP contribution in [0.2, 0.25) is 0 Å². The molecule has 0 saturated heterocycles. The van der Waals surface area contributed by atoms with Crippen LogP contribution in [0.25, 0.3) is 43.6 Å². The van der Waals surface area contributed by atoms with Gasteiger partial charge in [-0.05, 0) is 148 Å². The Morgan fingerprint density at radius 3 is 0.648 bits per heavy atom. The summed E-state index contributed by atoms with van der Waals surface area (Å²) in [7, 11) is 0. The van der Waals surface area contributed by atoms with E-state index in [1.165, 1.54) is 22.3 Å². The van der Waals surface area contributed by atoms with Gasteiger partial charge in [0.1, 0.15) is 22.8 Å². The molecule has 4 amide bonds. The van der Waals surface area contributed by atoms with E-state index in [4.69, 9.17) is 58.5 Å². The number of nitrogens with zero attached hydrogens (tertiary/aromatic N) is 9. The summed E-state index contributed by atoms with van der Waals surface area (Å²) in [6, 6.07) is 54.7. The fraction of sp³-hybridized carbons (Fsp3) is 0.246. The molecule has 88 heavy (non-hydrogen) atoms. The van der Waals surface area contributed by atoms with Crippen molar-refractivity contribution in [1.82, 2.24) is 19.9 Å². The summed E-state index contributed by atoms with van der Waals surface area (Å²) in [5.74, 6) is -0.702. The number of aryl methyl sites for hydroxylation is 4. The molecule has 0 aliphatic carbocycles. The van der Waals surface area contributed by atoms with Crippen molar-refractivity contribution >= 4 is 113 Å². The molecule has 0 atom stereocenters. The molecule has 0 radical (unpaired) electrons. The van der Waals surface area contributed by atoms with Gasteiger partial charge in [-0.3, -0.25) is 19.2 Å². The first-order valence-electron chi connectivity index (χ1n) is 29.1. The standard InChI is InChI=1S/2C34H34N4O2.CH2Cl2.Cu.NO3/c2*1-5-23-9-17-27(18-10-23)37(7-3)33(39)29-21-15-25-13-14-26-16-22-30(36-32(26)31(25)35-29)34(40)38(8-4)28-19-11-24(6-2)12-20-28;2-1-3;;2-1(3)4/h2*9-22H,5-8H2,1-4H3;1H2;;/q;;;+1;-1. The van der Waals surface area contributed by atoms with E-state index in [-0.39, 0.29) is 46.0 Å². The Hall–Kier alpha value is -8.86. The molecule has 4 aromatic heterocycles. The average Bonchev–Trinajstić information content (AvgIpc) is 1.46. The molecule has 0 saturated carbocycles. The summed E-state index contributed by atoms with van der Waals surface area (Å²) >= 11 is 9.53. The van der Waals surface area contributed by atoms with Crippen molar-refractivity contribution in [1.29, 1.82) is 0 Å². The SMILES string of the molecule is CCc1ccc(N(CC)C(=O)c2ccc3ccc4ccc(C(=O)N(CC)c5ccc(CC)cc5)nc4c3n2)cc1.CCc1ccc(N(CC)C(=O)c2ccc3ccc4ccc(C(=O)N(CC)c5ccc(CC)cc5)nc4c3n2)cc1.ClCCl.O=[N+]([O-])[O-].[Cu+]. The van der Waals surface area contributed by atoms with Gasteiger partial charge in [0.2, 0.25) is 0 Å². The van der Waals surface area contributed by atoms with Gasteiger partial charge < -0.3 is 34.9 Å². The quantitative estimate of drug-likeness (QED) is 0.0293. The molecular formula is C69H70Cl2CuN9O7. The van der Waals surface area contributed by atoms with Crippen molar-refractivity contribution in [3.63, 3.8) is 0 Å². The Bertz CT molecular complexity index is 3520. The van der Waals surface area contributed by atoms with Crippen LogP contribution in [-0.4, -0.2) is 80.2 Å². The number of alkyl halides is 2. The largest absolute Gasteiger partial charge is 1.00 e. The van der Waals surface area contributed by atoms with Crippen molar-refractivity contribution in [3.8, 4) is 0 Å². The number of amides is 4. The van der Waals surface area contributed by atoms with Gasteiger partial charge in [0, 0.05) is 70.5 Å². The number of hydrogen-bond donors (Lipinski definition) is 0. The number of anilines is 4. The maximum atomic E-state index is 13.6. The maximum absolute atomic E-state index is 13.6. The van der Waals surface area contributed by atoms with Crippen LogP contribution < -0.4 is 19.6 Å². The van der Waals surface area contributed by atoms with Gasteiger partial charge in [0.05, 0.1) is 32.5 Å². The minimum absolute atomic E-state index is 0. The van der Waals surface area contributed by atoms with Crippen LogP contribution in [0.4, 0.5) is 22.7 Å². The Balaban J connectivity index is 0.000000251. The first kappa shape index (κ1) is 68.3. The van der Waals surface area contributed by atoms with Gasteiger partial charge in [0.15, 0.2) is 0 Å². The molecule has 19 heteroatoms. The molecule has 0 bridgehead atoms. The zero-order valence-electron chi connectivity index (χ0n) is 50.5. The third-order valence-corrected chi connectivity index (χ3v) is 14.8. The molecule has 4 heterocycles. The minimum Gasteiger partial charge on any atom is -0.356 e. The zero-order valence-corrected chi connectivity index (χ0v) is 52.9. The number of rotatable bonds is 16. The molecular weight excluding hydrogens is 1200 g/mol. The summed E-state index contributed by atoms with van der Waals surface area (Å²) in [4.78, 5) is 88.7. The van der Waals surface area contributed by atoms with E-state index in [0.29, 0.717) is 71.0 Å². The van der Waals surface area contributed by atoms with Crippen molar-refractivity contribution in [3.05, 3.63) is 230 Å². The number of pyridine rings is 4. The van der Waals surface area contributed by atoms with Crippen molar-refractivity contribution in [2.75, 3.05) is 51.1 Å². The van der Waals surface area contributed by atoms with Gasteiger partial charge in [-0.15, -0.1) is 23.2 Å². The second-order valence-corrected chi connectivity index (χ2v) is 20.6. The van der Waals surface area contributed by atoms with Gasteiger partial charge >= 0.3 is 17.1 Å². The maximum Gasteiger partial charge on any atom is 1.00 e. The average molecular weight is 1270 g/mol. The predicted octanol–water partition coefficient (Wildman–Crippen LogP) is 15.7. The third-order valence-electron chi connectivity index (χ3n) is 14.8. The second kappa shape index (κ2) is 32.8. The van der Waals surface area contributed by atoms with E-state index < -0.39 is 5.09 Å². The fourth-order valence-electron chi connectivity index (χ4n) is 9.99. The number of carbonyl (C=O) groups is 4. The van der Waals surface area contributed by atoms with Crippen molar-refractivity contribution in [2.24, 2.45) is 0 Å². The normalized spacial score (nSPS) is 10.6. The molecule has 10 rings (SSSR count). The number of fused-ring (bicyclic) bond motifs is 6. The molecule has 16 nitrogen and oxygen atoms in total. The number of aromatic nitrogens is 4. The first-order valence-corrected chi connectivity index (χ1v) is 30.1. The van der Waals surface area contributed by atoms with Crippen LogP contribution in [0.15, 0.2) is 170 Å². The van der Waals surface area contributed by atoms with Crippen molar-refractivity contribution in [2.45, 2.75) is 81.1 Å². The second-order valence-electron chi connectivity index (χ2n) is 19.8. The van der Waals surface area contributed by atoms with Crippen LogP contribution in [0, 0.1) is 15.3 Å². The fourth-order valence-corrected chi connectivity index (χ4v) is 9.99. The van der Waals surface area contributed by atoms with E-state index >= 15 is 0 Å². The summed E-state index contributed by atoms with van der Waals surface area (Å²) in [5.41, 5.74) is 12.0. The topological polar surface area (TPSA) is 199 Å². The molecule has 0 spiro atoms.